The van der Waals surface area contributed by atoms with Crippen molar-refractivity contribution in [2.75, 3.05) is 12.4 Å². The zero-order chi connectivity index (χ0) is 11.5. The smallest absolute Gasteiger partial charge is 0.161 e. The lowest BCUT2D eigenvalue weighted by Gasteiger charge is -2.05. The van der Waals surface area contributed by atoms with Gasteiger partial charge in [0, 0.05) is 18.8 Å². The number of nitrogens with one attached hydrogen (secondary N) is 1. The van der Waals surface area contributed by atoms with Crippen LogP contribution in [0.4, 0.5) is 5.82 Å². The molecule has 0 radical (unpaired) electrons. The van der Waals surface area contributed by atoms with Crippen LogP contribution >= 0.6 is 0 Å². The van der Waals surface area contributed by atoms with Crippen LogP contribution in [0.5, 0.6) is 0 Å². The molecule has 1 heterocycles. The molecule has 2 rings (SSSR count). The summed E-state index contributed by atoms with van der Waals surface area (Å²) in [5.41, 5.74) is 3.52. The highest BCUT2D eigenvalue weighted by Gasteiger charge is 2.03. The lowest BCUT2D eigenvalue weighted by molar-refractivity contribution is 1.16. The van der Waals surface area contributed by atoms with Crippen LogP contribution in [0.3, 0.4) is 0 Å². The van der Waals surface area contributed by atoms with Gasteiger partial charge in [-0.05, 0) is 32.0 Å². The molecule has 1 N–H and O–H groups in total. The summed E-state index contributed by atoms with van der Waals surface area (Å²) in [6.45, 7) is 4.16. The average molecular weight is 213 g/mol. The number of rotatable bonds is 2. The zero-order valence-corrected chi connectivity index (χ0v) is 9.78. The van der Waals surface area contributed by atoms with Crippen LogP contribution in [-0.2, 0) is 0 Å². The van der Waals surface area contributed by atoms with Crippen LogP contribution in [0.1, 0.15) is 11.1 Å². The molecule has 0 aliphatic heterocycles. The first kappa shape index (κ1) is 10.6. The Hall–Kier alpha value is -1.90. The molecule has 0 unspecified atom stereocenters. The Morgan fingerprint density at radius 3 is 2.38 bits per heavy atom. The number of aryl methyl sites for hydroxylation is 2. The molecular formula is C13H15N3. The normalized spacial score (nSPS) is 10.2. The summed E-state index contributed by atoms with van der Waals surface area (Å²) in [6.07, 6.45) is 1.77. The van der Waals surface area contributed by atoms with E-state index in [9.17, 15) is 0 Å². The van der Waals surface area contributed by atoms with Crippen LogP contribution in [0.25, 0.3) is 11.4 Å². The summed E-state index contributed by atoms with van der Waals surface area (Å²) in [5.74, 6) is 1.60. The van der Waals surface area contributed by atoms with Gasteiger partial charge in [0.05, 0.1) is 0 Å². The molecule has 0 saturated carbocycles. The third-order valence-corrected chi connectivity index (χ3v) is 2.39. The molecular weight excluding hydrogens is 198 g/mol. The van der Waals surface area contributed by atoms with Crippen molar-refractivity contribution in [1.82, 2.24) is 9.97 Å². The van der Waals surface area contributed by atoms with Gasteiger partial charge in [-0.25, -0.2) is 9.97 Å². The average Bonchev–Trinajstić information content (AvgIpc) is 2.28. The number of aromatic nitrogens is 2. The Bertz CT molecular complexity index is 486. The lowest BCUT2D eigenvalue weighted by atomic mass is 10.1. The van der Waals surface area contributed by atoms with E-state index in [0.29, 0.717) is 0 Å². The van der Waals surface area contributed by atoms with Crippen molar-refractivity contribution in [3.8, 4) is 11.4 Å². The fourth-order valence-corrected chi connectivity index (χ4v) is 1.74. The highest BCUT2D eigenvalue weighted by atomic mass is 15.0. The SMILES string of the molecule is CNc1ccnc(-c2cc(C)cc(C)c2)n1. The van der Waals surface area contributed by atoms with Gasteiger partial charge < -0.3 is 5.32 Å². The zero-order valence-electron chi connectivity index (χ0n) is 9.78. The number of hydrogen-bond donors (Lipinski definition) is 1. The molecule has 0 aliphatic rings. The molecule has 1 aromatic heterocycles. The Kier molecular flexibility index (Phi) is 2.86. The minimum Gasteiger partial charge on any atom is -0.373 e. The van der Waals surface area contributed by atoms with Crippen molar-refractivity contribution in [3.63, 3.8) is 0 Å². The molecule has 0 fully saturated rings. The highest BCUT2D eigenvalue weighted by Crippen LogP contribution is 2.19. The quantitative estimate of drug-likeness (QED) is 0.833. The predicted molar refractivity (Wildman–Crippen MR) is 66.5 cm³/mol. The Balaban J connectivity index is 2.49. The first-order chi connectivity index (χ1) is 7.69. The Morgan fingerprint density at radius 2 is 1.75 bits per heavy atom. The molecule has 1 aromatic carbocycles. The molecule has 16 heavy (non-hydrogen) atoms. The molecule has 0 amide bonds. The second kappa shape index (κ2) is 4.31. The van der Waals surface area contributed by atoms with Gasteiger partial charge >= 0.3 is 0 Å². The first-order valence-electron chi connectivity index (χ1n) is 5.28. The fourth-order valence-electron chi connectivity index (χ4n) is 1.74. The summed E-state index contributed by atoms with van der Waals surface area (Å²) in [4.78, 5) is 8.71. The predicted octanol–water partition coefficient (Wildman–Crippen LogP) is 2.80. The van der Waals surface area contributed by atoms with Gasteiger partial charge in [0.15, 0.2) is 5.82 Å². The van der Waals surface area contributed by atoms with E-state index >= 15 is 0 Å². The van der Waals surface area contributed by atoms with Crippen molar-refractivity contribution >= 4 is 5.82 Å². The van der Waals surface area contributed by atoms with Crippen LogP contribution in [0.2, 0.25) is 0 Å². The summed E-state index contributed by atoms with van der Waals surface area (Å²) in [7, 11) is 1.85. The lowest BCUT2D eigenvalue weighted by Crippen LogP contribution is -1.96. The van der Waals surface area contributed by atoms with Gasteiger partial charge in [-0.2, -0.15) is 0 Å². The van der Waals surface area contributed by atoms with Crippen molar-refractivity contribution in [2.24, 2.45) is 0 Å². The summed E-state index contributed by atoms with van der Waals surface area (Å²) in [6, 6.07) is 8.20. The summed E-state index contributed by atoms with van der Waals surface area (Å²) in [5, 5.41) is 3.02. The minimum atomic E-state index is 0.763. The molecule has 82 valence electrons. The van der Waals surface area contributed by atoms with Gasteiger partial charge in [-0.15, -0.1) is 0 Å². The van der Waals surface area contributed by atoms with Crippen molar-refractivity contribution in [2.45, 2.75) is 13.8 Å². The molecule has 2 aromatic rings. The van der Waals surface area contributed by atoms with Gasteiger partial charge in [0.1, 0.15) is 5.82 Å². The van der Waals surface area contributed by atoms with Crippen LogP contribution in [-0.4, -0.2) is 17.0 Å². The summed E-state index contributed by atoms with van der Waals surface area (Å²) >= 11 is 0. The standard InChI is InChI=1S/C13H15N3/c1-9-6-10(2)8-11(7-9)13-15-5-4-12(14-3)16-13/h4-8H,1-3H3,(H,14,15,16). The van der Waals surface area contributed by atoms with Crippen molar-refractivity contribution < 1.29 is 0 Å². The van der Waals surface area contributed by atoms with E-state index in [1.807, 2.05) is 13.1 Å². The second-order valence-electron chi connectivity index (χ2n) is 3.89. The maximum atomic E-state index is 4.42. The van der Waals surface area contributed by atoms with Crippen LogP contribution in [0.15, 0.2) is 30.5 Å². The number of anilines is 1. The van der Waals surface area contributed by atoms with Gasteiger partial charge in [-0.3, -0.25) is 0 Å². The number of hydrogen-bond acceptors (Lipinski definition) is 3. The van der Waals surface area contributed by atoms with E-state index in [-0.39, 0.29) is 0 Å². The minimum absolute atomic E-state index is 0.763. The molecule has 3 nitrogen and oxygen atoms in total. The summed E-state index contributed by atoms with van der Waals surface area (Å²) < 4.78 is 0. The van der Waals surface area contributed by atoms with Crippen LogP contribution < -0.4 is 5.32 Å². The van der Waals surface area contributed by atoms with Gasteiger partial charge in [0.2, 0.25) is 0 Å². The second-order valence-corrected chi connectivity index (χ2v) is 3.89. The van der Waals surface area contributed by atoms with Crippen molar-refractivity contribution in [3.05, 3.63) is 41.6 Å². The topological polar surface area (TPSA) is 37.8 Å². The third-order valence-electron chi connectivity index (χ3n) is 2.39. The van der Waals surface area contributed by atoms with E-state index in [1.165, 1.54) is 11.1 Å². The maximum absolute atomic E-state index is 4.42. The molecule has 0 spiro atoms. The van der Waals surface area contributed by atoms with E-state index in [1.54, 1.807) is 6.20 Å². The third kappa shape index (κ3) is 2.19. The molecule has 0 bridgehead atoms. The Morgan fingerprint density at radius 1 is 1.06 bits per heavy atom. The fraction of sp³-hybridized carbons (Fsp3) is 0.231. The van der Waals surface area contributed by atoms with Gasteiger partial charge in [-0.1, -0.05) is 17.2 Å². The molecule has 0 saturated heterocycles. The molecule has 0 aliphatic carbocycles. The van der Waals surface area contributed by atoms with Crippen molar-refractivity contribution in [1.29, 1.82) is 0 Å². The molecule has 3 heteroatoms. The van der Waals surface area contributed by atoms with E-state index in [0.717, 1.165) is 17.2 Å². The Labute approximate surface area is 95.6 Å². The molecule has 0 atom stereocenters. The monoisotopic (exact) mass is 213 g/mol. The number of benzene rings is 1. The van der Waals surface area contributed by atoms with Gasteiger partial charge in [0.25, 0.3) is 0 Å². The van der Waals surface area contributed by atoms with Crippen LogP contribution in [0, 0.1) is 13.8 Å². The van der Waals surface area contributed by atoms with E-state index in [4.69, 9.17) is 0 Å². The highest BCUT2D eigenvalue weighted by molar-refractivity contribution is 5.59. The number of nitrogens with zero attached hydrogens (tertiary/aromatic N) is 2. The largest absolute Gasteiger partial charge is 0.373 e. The maximum Gasteiger partial charge on any atom is 0.161 e. The van der Waals surface area contributed by atoms with E-state index in [2.05, 4.69) is 47.3 Å². The first-order valence-corrected chi connectivity index (χ1v) is 5.28. The van der Waals surface area contributed by atoms with E-state index < -0.39 is 0 Å².